The van der Waals surface area contributed by atoms with Gasteiger partial charge in [-0.05, 0) is 36.2 Å². The van der Waals surface area contributed by atoms with Gasteiger partial charge >= 0.3 is 5.97 Å². The summed E-state index contributed by atoms with van der Waals surface area (Å²) in [7, 11) is 1.33. The van der Waals surface area contributed by atoms with E-state index in [1.165, 1.54) is 7.11 Å². The number of hydrogen-bond donors (Lipinski definition) is 1. The average molecular weight is 441 g/mol. The highest BCUT2D eigenvalue weighted by Crippen LogP contribution is 2.44. The first-order chi connectivity index (χ1) is 15.0. The number of fused-ring (bicyclic) bond motifs is 4. The van der Waals surface area contributed by atoms with Gasteiger partial charge < -0.3 is 24.1 Å². The summed E-state index contributed by atoms with van der Waals surface area (Å²) in [4.78, 5) is 31.1. The third kappa shape index (κ3) is 3.11. The quantitative estimate of drug-likeness (QED) is 0.497. The molecule has 2 aromatic carbocycles. The maximum Gasteiger partial charge on any atom is 0.328 e. The van der Waals surface area contributed by atoms with Crippen LogP contribution in [0.2, 0.25) is 0 Å². The van der Waals surface area contributed by atoms with Gasteiger partial charge in [0.2, 0.25) is 12.7 Å². The van der Waals surface area contributed by atoms with E-state index in [-0.39, 0.29) is 12.7 Å². The molecule has 2 aliphatic rings. The maximum atomic E-state index is 13.3. The van der Waals surface area contributed by atoms with Crippen molar-refractivity contribution in [3.63, 3.8) is 0 Å². The number of nitrogens with zero attached hydrogens (tertiary/aromatic N) is 1. The first-order valence-electron chi connectivity index (χ1n) is 10.0. The molecule has 0 saturated heterocycles. The summed E-state index contributed by atoms with van der Waals surface area (Å²) < 4.78 is 16.1. The number of H-pyrrole nitrogens is 1. The van der Waals surface area contributed by atoms with Crippen molar-refractivity contribution < 1.29 is 23.8 Å². The summed E-state index contributed by atoms with van der Waals surface area (Å²) >= 11 is 6.23. The molecule has 3 aromatic rings. The number of benzene rings is 2. The Morgan fingerprint density at radius 2 is 1.97 bits per heavy atom. The largest absolute Gasteiger partial charge is 0.467 e. The maximum absolute atomic E-state index is 13.3. The van der Waals surface area contributed by atoms with Gasteiger partial charge in [-0.25, -0.2) is 4.79 Å². The Hall–Kier alpha value is -3.19. The van der Waals surface area contributed by atoms with Gasteiger partial charge in [-0.15, -0.1) is 11.6 Å². The Labute approximate surface area is 183 Å². The summed E-state index contributed by atoms with van der Waals surface area (Å²) in [5.41, 5.74) is 3.57. The molecule has 0 radical (unpaired) electrons. The van der Waals surface area contributed by atoms with Crippen LogP contribution in [0, 0.1) is 0 Å². The number of methoxy groups -OCH3 is 1. The number of carbonyl (C=O) groups excluding carboxylic acids is 2. The Bertz CT molecular complexity index is 1190. The van der Waals surface area contributed by atoms with E-state index in [1.54, 1.807) is 11.8 Å². The van der Waals surface area contributed by atoms with Crippen molar-refractivity contribution in [3.05, 3.63) is 59.3 Å². The van der Waals surface area contributed by atoms with Crippen molar-refractivity contribution in [2.45, 2.75) is 30.8 Å². The van der Waals surface area contributed by atoms with E-state index in [2.05, 4.69) is 4.98 Å². The average Bonchev–Trinajstić information content (AvgIpc) is 3.40. The molecule has 0 spiro atoms. The molecule has 1 aromatic heterocycles. The topological polar surface area (TPSA) is 80.9 Å². The second-order valence-corrected chi connectivity index (χ2v) is 8.34. The Balaban J connectivity index is 1.75. The molecule has 0 bridgehead atoms. The Morgan fingerprint density at radius 3 is 2.74 bits per heavy atom. The fourth-order valence-corrected chi connectivity index (χ4v) is 4.63. The highest BCUT2D eigenvalue weighted by Gasteiger charge is 2.45. The predicted molar refractivity (Wildman–Crippen MR) is 114 cm³/mol. The van der Waals surface area contributed by atoms with E-state index in [0.29, 0.717) is 17.9 Å². The minimum Gasteiger partial charge on any atom is -0.467 e. The first kappa shape index (κ1) is 19.8. The predicted octanol–water partition coefficient (Wildman–Crippen LogP) is 3.54. The zero-order valence-corrected chi connectivity index (χ0v) is 17.8. The smallest absolute Gasteiger partial charge is 0.328 e. The van der Waals surface area contributed by atoms with Crippen LogP contribution in [0.5, 0.6) is 11.5 Å². The highest BCUT2D eigenvalue weighted by atomic mass is 35.5. The van der Waals surface area contributed by atoms with Crippen LogP contribution in [-0.4, -0.2) is 47.1 Å². The molecule has 2 aliphatic heterocycles. The van der Waals surface area contributed by atoms with Crippen molar-refractivity contribution >= 4 is 34.4 Å². The van der Waals surface area contributed by atoms with Gasteiger partial charge in [-0.3, -0.25) is 4.79 Å². The lowest BCUT2D eigenvalue weighted by Crippen LogP contribution is -2.53. The van der Waals surface area contributed by atoms with Crippen molar-refractivity contribution in [3.8, 4) is 11.5 Å². The number of halogens is 1. The van der Waals surface area contributed by atoms with Crippen LogP contribution in [-0.2, 0) is 20.7 Å². The molecule has 0 aliphatic carbocycles. The Morgan fingerprint density at radius 1 is 1.19 bits per heavy atom. The minimum atomic E-state index is -0.811. The number of amides is 1. The van der Waals surface area contributed by atoms with Gasteiger partial charge in [0.15, 0.2) is 11.5 Å². The zero-order chi connectivity index (χ0) is 21.7. The SMILES string of the molecule is COC(=O)[C@H]1Cc2c([nH]c3ccccc23)[C@@H](c2ccc3c(c2)OCO3)N1C(=O)C(C)Cl. The van der Waals surface area contributed by atoms with Crippen molar-refractivity contribution in [1.82, 2.24) is 9.88 Å². The lowest BCUT2D eigenvalue weighted by molar-refractivity contribution is -0.154. The van der Waals surface area contributed by atoms with Gasteiger partial charge in [0.25, 0.3) is 0 Å². The molecule has 0 fully saturated rings. The fourth-order valence-electron chi connectivity index (χ4n) is 4.51. The van der Waals surface area contributed by atoms with Crippen LogP contribution >= 0.6 is 11.6 Å². The van der Waals surface area contributed by atoms with Gasteiger partial charge in [0.1, 0.15) is 11.4 Å². The molecule has 1 amide bonds. The van der Waals surface area contributed by atoms with Crippen LogP contribution in [0.25, 0.3) is 10.9 Å². The van der Waals surface area contributed by atoms with Crippen LogP contribution in [0.4, 0.5) is 0 Å². The van der Waals surface area contributed by atoms with E-state index in [9.17, 15) is 9.59 Å². The van der Waals surface area contributed by atoms with Gasteiger partial charge in [0.05, 0.1) is 13.2 Å². The molecule has 3 heterocycles. The molecule has 1 N–H and O–H groups in total. The van der Waals surface area contributed by atoms with E-state index >= 15 is 0 Å². The number of para-hydroxylation sites is 1. The number of esters is 1. The van der Waals surface area contributed by atoms with E-state index in [0.717, 1.165) is 27.7 Å². The summed E-state index contributed by atoms with van der Waals surface area (Å²) in [5, 5.41) is 0.206. The molecule has 7 nitrogen and oxygen atoms in total. The standard InChI is InChI=1S/C23H21ClN2O5/c1-12(24)22(27)26-17(23(28)29-2)10-15-14-5-3-4-6-16(14)25-20(15)21(26)13-7-8-18-19(9-13)31-11-30-18/h3-9,12,17,21,25H,10-11H2,1-2H3/t12?,17-,21-/m1/s1. The second-order valence-electron chi connectivity index (χ2n) is 7.68. The second kappa shape index (κ2) is 7.50. The summed E-state index contributed by atoms with van der Waals surface area (Å²) in [6.45, 7) is 1.75. The van der Waals surface area contributed by atoms with Crippen LogP contribution < -0.4 is 9.47 Å². The lowest BCUT2D eigenvalue weighted by atomic mass is 9.87. The normalized spacial score (nSPS) is 20.4. The molecule has 3 atom stereocenters. The van der Waals surface area contributed by atoms with E-state index in [4.69, 9.17) is 25.8 Å². The highest BCUT2D eigenvalue weighted by molar-refractivity contribution is 6.30. The number of alkyl halides is 1. The number of aromatic nitrogens is 1. The molecule has 5 rings (SSSR count). The summed E-state index contributed by atoms with van der Waals surface area (Å²) in [5.74, 6) is 0.419. The minimum absolute atomic E-state index is 0.146. The van der Waals surface area contributed by atoms with E-state index in [1.807, 2.05) is 42.5 Å². The lowest BCUT2D eigenvalue weighted by Gasteiger charge is -2.41. The molecule has 0 saturated carbocycles. The monoisotopic (exact) mass is 440 g/mol. The molecular weight excluding hydrogens is 420 g/mol. The van der Waals surface area contributed by atoms with Crippen molar-refractivity contribution in [2.24, 2.45) is 0 Å². The van der Waals surface area contributed by atoms with Crippen LogP contribution in [0.15, 0.2) is 42.5 Å². The number of ether oxygens (including phenoxy) is 3. The fraction of sp³-hybridized carbons (Fsp3) is 0.304. The first-order valence-corrected chi connectivity index (χ1v) is 10.5. The zero-order valence-electron chi connectivity index (χ0n) is 17.1. The molecular formula is C23H21ClN2O5. The molecule has 1 unspecified atom stereocenters. The van der Waals surface area contributed by atoms with Gasteiger partial charge in [-0.2, -0.15) is 0 Å². The third-order valence-corrected chi connectivity index (χ3v) is 6.10. The molecule has 160 valence electrons. The van der Waals surface area contributed by atoms with Gasteiger partial charge in [-0.1, -0.05) is 24.3 Å². The van der Waals surface area contributed by atoms with Crippen molar-refractivity contribution in [2.75, 3.05) is 13.9 Å². The van der Waals surface area contributed by atoms with Gasteiger partial charge in [0, 0.05) is 23.0 Å². The number of rotatable bonds is 3. The van der Waals surface area contributed by atoms with Crippen LogP contribution in [0.1, 0.15) is 29.8 Å². The number of aromatic amines is 1. The third-order valence-electron chi connectivity index (χ3n) is 5.91. The molecule has 8 heteroatoms. The number of hydrogen-bond acceptors (Lipinski definition) is 5. The molecule has 31 heavy (non-hydrogen) atoms. The van der Waals surface area contributed by atoms with Crippen molar-refractivity contribution in [1.29, 1.82) is 0 Å². The Kier molecular flexibility index (Phi) is 4.78. The van der Waals surface area contributed by atoms with E-state index < -0.39 is 23.4 Å². The summed E-state index contributed by atoms with van der Waals surface area (Å²) in [6.07, 6.45) is 0.336. The number of nitrogens with one attached hydrogen (secondary N) is 1. The number of carbonyl (C=O) groups is 2. The van der Waals surface area contributed by atoms with Crippen LogP contribution in [0.3, 0.4) is 0 Å². The summed E-state index contributed by atoms with van der Waals surface area (Å²) in [6, 6.07) is 12.1.